The van der Waals surface area contributed by atoms with Crippen LogP contribution in [0.5, 0.6) is 0 Å². The average Bonchev–Trinajstić information content (AvgIpc) is 3.38. The average molecular weight is 461 g/mol. The highest BCUT2D eigenvalue weighted by molar-refractivity contribution is 6.17. The lowest BCUT2D eigenvalue weighted by atomic mass is 9.80. The Bertz CT molecular complexity index is 1970. The monoisotopic (exact) mass is 460 g/mol. The van der Waals surface area contributed by atoms with Crippen LogP contribution in [0.2, 0.25) is 0 Å². The van der Waals surface area contributed by atoms with Crippen molar-refractivity contribution in [2.75, 3.05) is 0 Å². The van der Waals surface area contributed by atoms with Crippen molar-refractivity contribution in [2.45, 2.75) is 19.3 Å². The molecule has 170 valence electrons. The highest BCUT2D eigenvalue weighted by Crippen LogP contribution is 2.54. The van der Waals surface area contributed by atoms with Gasteiger partial charge in [0.15, 0.2) is 0 Å². The van der Waals surface area contributed by atoms with Gasteiger partial charge < -0.3 is 4.57 Å². The van der Waals surface area contributed by atoms with Gasteiger partial charge in [0.2, 0.25) is 0 Å². The molecule has 0 amide bonds. The van der Waals surface area contributed by atoms with Crippen LogP contribution in [-0.2, 0) is 5.41 Å². The molecular formula is C34H24N2. The van der Waals surface area contributed by atoms with Crippen molar-refractivity contribution in [3.8, 4) is 16.8 Å². The number of pyridine rings is 1. The van der Waals surface area contributed by atoms with Crippen molar-refractivity contribution in [1.82, 2.24) is 9.55 Å². The van der Waals surface area contributed by atoms with Gasteiger partial charge in [0.1, 0.15) is 0 Å². The summed E-state index contributed by atoms with van der Waals surface area (Å²) in [6, 6.07) is 37.6. The maximum Gasteiger partial charge on any atom is 0.0783 e. The molecule has 0 unspecified atom stereocenters. The van der Waals surface area contributed by atoms with Crippen molar-refractivity contribution in [3.05, 3.63) is 120 Å². The summed E-state index contributed by atoms with van der Waals surface area (Å²) < 4.78 is 2.42. The van der Waals surface area contributed by atoms with Crippen molar-refractivity contribution in [3.63, 3.8) is 0 Å². The Morgan fingerprint density at radius 3 is 1.94 bits per heavy atom. The van der Waals surface area contributed by atoms with Crippen molar-refractivity contribution >= 4 is 43.5 Å². The van der Waals surface area contributed by atoms with Gasteiger partial charge in [-0.15, -0.1) is 0 Å². The molecule has 0 aliphatic heterocycles. The molecule has 7 aromatic rings. The third kappa shape index (κ3) is 2.39. The zero-order valence-corrected chi connectivity index (χ0v) is 20.3. The second-order valence-corrected chi connectivity index (χ2v) is 10.4. The van der Waals surface area contributed by atoms with Crippen LogP contribution in [0.4, 0.5) is 0 Å². The van der Waals surface area contributed by atoms with E-state index in [0.717, 1.165) is 5.52 Å². The molecular weight excluding hydrogens is 436 g/mol. The Morgan fingerprint density at radius 2 is 1.22 bits per heavy atom. The minimum atomic E-state index is -0.148. The zero-order valence-electron chi connectivity index (χ0n) is 20.3. The molecule has 0 radical (unpaired) electrons. The lowest BCUT2D eigenvalue weighted by molar-refractivity contribution is 0.666. The van der Waals surface area contributed by atoms with Gasteiger partial charge in [-0.05, 0) is 58.0 Å². The van der Waals surface area contributed by atoms with E-state index in [4.69, 9.17) is 4.98 Å². The molecule has 2 aromatic heterocycles. The zero-order chi connectivity index (χ0) is 24.0. The van der Waals surface area contributed by atoms with Crippen LogP contribution in [0.15, 0.2) is 109 Å². The van der Waals surface area contributed by atoms with Gasteiger partial charge in [0, 0.05) is 38.8 Å². The van der Waals surface area contributed by atoms with Gasteiger partial charge in [-0.1, -0.05) is 86.6 Å². The maximum absolute atomic E-state index is 4.84. The fourth-order valence-electron chi connectivity index (χ4n) is 6.67. The molecule has 0 N–H and O–H groups in total. The molecule has 36 heavy (non-hydrogen) atoms. The molecule has 8 rings (SSSR count). The van der Waals surface area contributed by atoms with E-state index in [1.807, 2.05) is 6.20 Å². The largest absolute Gasteiger partial charge is 0.309 e. The molecule has 0 fully saturated rings. The first-order valence-corrected chi connectivity index (χ1v) is 12.6. The summed E-state index contributed by atoms with van der Waals surface area (Å²) in [5.74, 6) is 0. The van der Waals surface area contributed by atoms with Crippen LogP contribution in [0.3, 0.4) is 0 Å². The normalized spacial score (nSPS) is 14.1. The van der Waals surface area contributed by atoms with E-state index in [1.165, 1.54) is 65.9 Å². The van der Waals surface area contributed by atoms with Crippen LogP contribution in [0, 0.1) is 0 Å². The van der Waals surface area contributed by atoms with Crippen LogP contribution in [0.25, 0.3) is 60.3 Å². The maximum atomic E-state index is 4.84. The van der Waals surface area contributed by atoms with Crippen LogP contribution < -0.4 is 0 Å². The number of para-hydroxylation sites is 2. The summed E-state index contributed by atoms with van der Waals surface area (Å²) in [7, 11) is 0. The van der Waals surface area contributed by atoms with Crippen molar-refractivity contribution < 1.29 is 0 Å². The molecule has 0 bridgehead atoms. The summed E-state index contributed by atoms with van der Waals surface area (Å²) in [6.45, 7) is 4.74. The summed E-state index contributed by atoms with van der Waals surface area (Å²) in [6.07, 6.45) is 1.91. The second-order valence-electron chi connectivity index (χ2n) is 10.4. The first kappa shape index (κ1) is 19.8. The number of benzene rings is 5. The van der Waals surface area contributed by atoms with Crippen molar-refractivity contribution in [2.24, 2.45) is 0 Å². The van der Waals surface area contributed by atoms with E-state index >= 15 is 0 Å². The fourth-order valence-corrected chi connectivity index (χ4v) is 6.67. The Kier molecular flexibility index (Phi) is 3.76. The van der Waals surface area contributed by atoms with E-state index in [-0.39, 0.29) is 5.41 Å². The standard InChI is InChI=1S/C34H24N2/c1-34(2)28-20-21(36-29-15-7-5-10-22(29)23-11-6-8-16-30(23)36)17-18-26(28)31-24-12-3-4-13-25(24)33-27(32(31)34)14-9-19-35-33/h3-20H,1-2H3. The SMILES string of the molecule is CC1(C)c2cc(-n3c4ccccc4c4ccccc43)ccc2-c2c1c1cccnc1c1ccccc21. The quantitative estimate of drug-likeness (QED) is 0.224. The van der Waals surface area contributed by atoms with Crippen LogP contribution >= 0.6 is 0 Å². The Labute approximate surface area is 209 Å². The summed E-state index contributed by atoms with van der Waals surface area (Å²) >= 11 is 0. The molecule has 2 heterocycles. The highest BCUT2D eigenvalue weighted by atomic mass is 15.0. The molecule has 1 aliphatic carbocycles. The molecule has 5 aromatic carbocycles. The molecule has 2 heteroatoms. The number of nitrogens with zero attached hydrogens (tertiary/aromatic N) is 2. The van der Waals surface area contributed by atoms with E-state index in [0.29, 0.717) is 0 Å². The number of hydrogen-bond donors (Lipinski definition) is 0. The van der Waals surface area contributed by atoms with Gasteiger partial charge in [0.05, 0.1) is 16.6 Å². The van der Waals surface area contributed by atoms with Gasteiger partial charge in [-0.3, -0.25) is 4.98 Å². The topological polar surface area (TPSA) is 17.8 Å². The van der Waals surface area contributed by atoms with E-state index in [2.05, 4.69) is 122 Å². The minimum Gasteiger partial charge on any atom is -0.309 e. The summed E-state index contributed by atoms with van der Waals surface area (Å²) in [5.41, 5.74) is 10.1. The Hall–Kier alpha value is -4.43. The van der Waals surface area contributed by atoms with Gasteiger partial charge in [-0.25, -0.2) is 0 Å². The molecule has 0 spiro atoms. The first-order chi connectivity index (χ1) is 17.6. The van der Waals surface area contributed by atoms with E-state index in [9.17, 15) is 0 Å². The fraction of sp³-hybridized carbons (Fsp3) is 0.0882. The van der Waals surface area contributed by atoms with Crippen molar-refractivity contribution in [1.29, 1.82) is 0 Å². The van der Waals surface area contributed by atoms with Gasteiger partial charge >= 0.3 is 0 Å². The molecule has 2 nitrogen and oxygen atoms in total. The molecule has 0 saturated carbocycles. The predicted molar refractivity (Wildman–Crippen MR) is 151 cm³/mol. The smallest absolute Gasteiger partial charge is 0.0783 e. The third-order valence-electron chi connectivity index (χ3n) is 8.19. The lowest BCUT2D eigenvalue weighted by Crippen LogP contribution is -2.16. The van der Waals surface area contributed by atoms with Gasteiger partial charge in [-0.2, -0.15) is 0 Å². The number of aromatic nitrogens is 2. The number of fused-ring (bicyclic) bond motifs is 11. The molecule has 1 aliphatic rings. The first-order valence-electron chi connectivity index (χ1n) is 12.6. The Morgan fingerprint density at radius 1 is 0.611 bits per heavy atom. The second kappa shape index (κ2) is 6.83. The molecule has 0 atom stereocenters. The predicted octanol–water partition coefficient (Wildman–Crippen LogP) is 8.79. The summed E-state index contributed by atoms with van der Waals surface area (Å²) in [4.78, 5) is 4.84. The minimum absolute atomic E-state index is 0.148. The summed E-state index contributed by atoms with van der Waals surface area (Å²) in [5, 5.41) is 6.35. The van der Waals surface area contributed by atoms with E-state index < -0.39 is 0 Å². The van der Waals surface area contributed by atoms with Crippen LogP contribution in [-0.4, -0.2) is 9.55 Å². The van der Waals surface area contributed by atoms with Gasteiger partial charge in [0.25, 0.3) is 0 Å². The highest BCUT2D eigenvalue weighted by Gasteiger charge is 2.39. The molecule has 0 saturated heterocycles. The lowest BCUT2D eigenvalue weighted by Gasteiger charge is -2.24. The third-order valence-corrected chi connectivity index (χ3v) is 8.19. The van der Waals surface area contributed by atoms with Crippen LogP contribution in [0.1, 0.15) is 25.0 Å². The number of rotatable bonds is 1. The number of hydrogen-bond acceptors (Lipinski definition) is 1. The Balaban J connectivity index is 1.48. The van der Waals surface area contributed by atoms with E-state index in [1.54, 1.807) is 0 Å².